The molecule has 25 heavy (non-hydrogen) atoms. The Kier molecular flexibility index (Phi) is 4.40. The van der Waals surface area contributed by atoms with Gasteiger partial charge in [0, 0.05) is 36.1 Å². The maximum atomic E-state index is 12.6. The van der Waals surface area contributed by atoms with E-state index in [1.165, 1.54) is 12.8 Å². The van der Waals surface area contributed by atoms with Gasteiger partial charge in [-0.2, -0.15) is 0 Å². The van der Waals surface area contributed by atoms with Crippen molar-refractivity contribution >= 4 is 5.91 Å². The maximum Gasteiger partial charge on any atom is 0.253 e. The number of rotatable bonds is 4. The third-order valence-electron chi connectivity index (χ3n) is 5.23. The lowest BCUT2D eigenvalue weighted by molar-refractivity contribution is 0.0923. The average molecular weight is 337 g/mol. The Hall–Kier alpha value is -2.40. The number of carbonyl (C=O) groups excluding carboxylic acids is 1. The first-order valence-corrected chi connectivity index (χ1v) is 8.87. The van der Waals surface area contributed by atoms with E-state index in [2.05, 4.69) is 15.6 Å². The number of fused-ring (bicyclic) bond motifs is 2. The number of ether oxygens (including phenoxy) is 1. The van der Waals surface area contributed by atoms with Crippen molar-refractivity contribution in [3.8, 4) is 16.9 Å². The Bertz CT molecular complexity index is 748. The van der Waals surface area contributed by atoms with Crippen LogP contribution in [-0.4, -0.2) is 36.1 Å². The van der Waals surface area contributed by atoms with E-state index in [0.29, 0.717) is 17.6 Å². The Labute approximate surface area is 147 Å². The molecule has 1 amide bonds. The molecule has 0 saturated carbocycles. The summed E-state index contributed by atoms with van der Waals surface area (Å²) in [6, 6.07) is 11.1. The molecule has 2 fully saturated rings. The van der Waals surface area contributed by atoms with Crippen LogP contribution in [0.4, 0.5) is 0 Å². The van der Waals surface area contributed by atoms with Crippen molar-refractivity contribution in [3.05, 3.63) is 48.3 Å². The Balaban J connectivity index is 1.47. The van der Waals surface area contributed by atoms with Crippen molar-refractivity contribution in [3.63, 3.8) is 0 Å². The highest BCUT2D eigenvalue weighted by Crippen LogP contribution is 2.27. The summed E-state index contributed by atoms with van der Waals surface area (Å²) in [5, 5.41) is 6.79. The lowest BCUT2D eigenvalue weighted by Crippen LogP contribution is -2.48. The van der Waals surface area contributed by atoms with Crippen LogP contribution in [-0.2, 0) is 0 Å². The summed E-state index contributed by atoms with van der Waals surface area (Å²) >= 11 is 0. The fraction of sp³-hybridized carbons (Fsp3) is 0.400. The van der Waals surface area contributed by atoms with Crippen molar-refractivity contribution in [2.24, 2.45) is 0 Å². The first-order chi connectivity index (χ1) is 12.2. The third kappa shape index (κ3) is 3.51. The molecule has 2 bridgehead atoms. The van der Waals surface area contributed by atoms with Crippen molar-refractivity contribution in [1.29, 1.82) is 0 Å². The Morgan fingerprint density at radius 2 is 1.84 bits per heavy atom. The summed E-state index contributed by atoms with van der Waals surface area (Å²) in [6.45, 7) is 0. The van der Waals surface area contributed by atoms with Gasteiger partial charge in [0.05, 0.1) is 12.7 Å². The average Bonchev–Trinajstić information content (AvgIpc) is 3.00. The summed E-state index contributed by atoms with van der Waals surface area (Å²) in [4.78, 5) is 16.9. The first kappa shape index (κ1) is 16.1. The monoisotopic (exact) mass is 337 g/mol. The van der Waals surface area contributed by atoms with Crippen LogP contribution >= 0.6 is 0 Å². The highest BCUT2D eigenvalue weighted by Gasteiger charge is 2.34. The van der Waals surface area contributed by atoms with Gasteiger partial charge in [0.2, 0.25) is 0 Å². The van der Waals surface area contributed by atoms with E-state index in [4.69, 9.17) is 4.74 Å². The molecular formula is C20H23N3O2. The van der Waals surface area contributed by atoms with Crippen molar-refractivity contribution in [2.45, 2.75) is 43.8 Å². The van der Waals surface area contributed by atoms with Gasteiger partial charge in [-0.15, -0.1) is 0 Å². The van der Waals surface area contributed by atoms with Gasteiger partial charge in [-0.1, -0.05) is 12.1 Å². The van der Waals surface area contributed by atoms with Gasteiger partial charge in [0.25, 0.3) is 5.91 Å². The molecule has 4 rings (SSSR count). The standard InChI is InChI=1S/C20H23N3O2/c1-25-19-6-2-13(3-7-19)14-8-15(12-21-11-14)20(24)23-18-9-16-4-5-17(10-18)22-16/h2-3,6-8,11-12,16-18,22H,4-5,9-10H2,1H3,(H,23,24). The minimum absolute atomic E-state index is 0.0332. The third-order valence-corrected chi connectivity index (χ3v) is 5.23. The lowest BCUT2D eigenvalue weighted by atomic mass is 9.99. The first-order valence-electron chi connectivity index (χ1n) is 8.87. The topological polar surface area (TPSA) is 63.2 Å². The van der Waals surface area contributed by atoms with Crippen LogP contribution in [0.2, 0.25) is 0 Å². The molecule has 2 N–H and O–H groups in total. The number of piperidine rings is 1. The second-order valence-corrected chi connectivity index (χ2v) is 6.97. The predicted octanol–water partition coefficient (Wildman–Crippen LogP) is 2.77. The van der Waals surface area contributed by atoms with Crippen molar-refractivity contribution < 1.29 is 9.53 Å². The van der Waals surface area contributed by atoms with Gasteiger partial charge in [-0.25, -0.2) is 0 Å². The molecule has 2 aliphatic rings. The van der Waals surface area contributed by atoms with Gasteiger partial charge in [-0.05, 0) is 49.4 Å². The molecule has 0 spiro atoms. The molecule has 0 aliphatic carbocycles. The normalized spacial score (nSPS) is 24.8. The zero-order valence-corrected chi connectivity index (χ0v) is 14.4. The van der Waals surface area contributed by atoms with Crippen molar-refractivity contribution in [1.82, 2.24) is 15.6 Å². The molecule has 2 saturated heterocycles. The number of aromatic nitrogens is 1. The molecular weight excluding hydrogens is 314 g/mol. The zero-order valence-electron chi connectivity index (χ0n) is 14.4. The molecule has 2 unspecified atom stereocenters. The van der Waals surface area contributed by atoms with E-state index in [0.717, 1.165) is 29.7 Å². The Morgan fingerprint density at radius 1 is 1.12 bits per heavy atom. The summed E-state index contributed by atoms with van der Waals surface area (Å²) in [5.41, 5.74) is 2.56. The summed E-state index contributed by atoms with van der Waals surface area (Å²) in [7, 11) is 1.65. The number of nitrogens with one attached hydrogen (secondary N) is 2. The molecule has 5 nitrogen and oxygen atoms in total. The number of nitrogens with zero attached hydrogens (tertiary/aromatic N) is 1. The molecule has 3 heterocycles. The second-order valence-electron chi connectivity index (χ2n) is 6.97. The van der Waals surface area contributed by atoms with E-state index in [9.17, 15) is 4.79 Å². The Morgan fingerprint density at radius 3 is 2.52 bits per heavy atom. The van der Waals surface area contributed by atoms with Crippen LogP contribution in [0.25, 0.3) is 11.1 Å². The molecule has 2 aromatic rings. The van der Waals surface area contributed by atoms with Crippen LogP contribution in [0.15, 0.2) is 42.7 Å². The molecule has 0 radical (unpaired) electrons. The molecule has 5 heteroatoms. The predicted molar refractivity (Wildman–Crippen MR) is 96.7 cm³/mol. The number of carbonyl (C=O) groups is 1. The smallest absolute Gasteiger partial charge is 0.253 e. The minimum atomic E-state index is -0.0332. The van der Waals surface area contributed by atoms with Crippen LogP contribution in [0.5, 0.6) is 5.75 Å². The quantitative estimate of drug-likeness (QED) is 0.900. The molecule has 1 aromatic carbocycles. The summed E-state index contributed by atoms with van der Waals surface area (Å²) in [6.07, 6.45) is 7.92. The molecule has 1 aromatic heterocycles. The van der Waals surface area contributed by atoms with E-state index in [1.807, 2.05) is 30.3 Å². The van der Waals surface area contributed by atoms with E-state index >= 15 is 0 Å². The maximum absolute atomic E-state index is 12.6. The van der Waals surface area contributed by atoms with Gasteiger partial charge in [0.1, 0.15) is 5.75 Å². The number of benzene rings is 1. The highest BCUT2D eigenvalue weighted by atomic mass is 16.5. The summed E-state index contributed by atoms with van der Waals surface area (Å²) < 4.78 is 5.19. The number of pyridine rings is 1. The van der Waals surface area contributed by atoms with Gasteiger partial charge in [-0.3, -0.25) is 9.78 Å². The van der Waals surface area contributed by atoms with Crippen molar-refractivity contribution in [2.75, 3.05) is 7.11 Å². The lowest BCUT2D eigenvalue weighted by Gasteiger charge is -2.29. The van der Waals surface area contributed by atoms with Crippen LogP contribution in [0.3, 0.4) is 0 Å². The number of amides is 1. The number of hydrogen-bond donors (Lipinski definition) is 2. The molecule has 2 aliphatic heterocycles. The minimum Gasteiger partial charge on any atom is -0.497 e. The molecule has 2 atom stereocenters. The second kappa shape index (κ2) is 6.84. The van der Waals surface area contributed by atoms with Crippen LogP contribution in [0, 0.1) is 0 Å². The van der Waals surface area contributed by atoms with E-state index < -0.39 is 0 Å². The van der Waals surface area contributed by atoms with Gasteiger partial charge < -0.3 is 15.4 Å². The SMILES string of the molecule is COc1ccc(-c2cncc(C(=O)NC3CC4CCC(C3)N4)c2)cc1. The zero-order chi connectivity index (χ0) is 17.2. The van der Waals surface area contributed by atoms with E-state index in [-0.39, 0.29) is 11.9 Å². The van der Waals surface area contributed by atoms with E-state index in [1.54, 1.807) is 19.5 Å². The summed E-state index contributed by atoms with van der Waals surface area (Å²) in [5.74, 6) is 0.778. The van der Waals surface area contributed by atoms with Crippen LogP contribution in [0.1, 0.15) is 36.0 Å². The fourth-order valence-electron chi connectivity index (χ4n) is 3.95. The fourth-order valence-corrected chi connectivity index (χ4v) is 3.95. The largest absolute Gasteiger partial charge is 0.497 e. The van der Waals surface area contributed by atoms with Crippen LogP contribution < -0.4 is 15.4 Å². The highest BCUT2D eigenvalue weighted by molar-refractivity contribution is 5.95. The van der Waals surface area contributed by atoms with Gasteiger partial charge >= 0.3 is 0 Å². The number of hydrogen-bond acceptors (Lipinski definition) is 4. The molecule has 130 valence electrons. The van der Waals surface area contributed by atoms with Gasteiger partial charge in [0.15, 0.2) is 0 Å². The number of methoxy groups -OCH3 is 1.